The first-order chi connectivity index (χ1) is 14.7. The van der Waals surface area contributed by atoms with Crippen LogP contribution in [0, 0.1) is 0 Å². The van der Waals surface area contributed by atoms with Gasteiger partial charge in [-0.15, -0.1) is 5.10 Å². The Balaban J connectivity index is 1.18. The first-order valence-corrected chi connectivity index (χ1v) is 10.6. The van der Waals surface area contributed by atoms with E-state index in [9.17, 15) is 4.79 Å². The first-order valence-electron chi connectivity index (χ1n) is 10.6. The topological polar surface area (TPSA) is 102 Å². The number of amides is 2. The van der Waals surface area contributed by atoms with Crippen molar-refractivity contribution >= 4 is 11.7 Å². The third kappa shape index (κ3) is 3.79. The van der Waals surface area contributed by atoms with Crippen molar-refractivity contribution < 1.29 is 9.32 Å². The number of carbonyl (C=O) groups is 1. The average molecular weight is 407 g/mol. The number of hydrogen-bond donors (Lipinski definition) is 1. The van der Waals surface area contributed by atoms with Crippen molar-refractivity contribution in [2.75, 3.05) is 18.4 Å². The van der Waals surface area contributed by atoms with Gasteiger partial charge in [0.2, 0.25) is 0 Å². The van der Waals surface area contributed by atoms with E-state index in [1.165, 1.54) is 0 Å². The summed E-state index contributed by atoms with van der Waals surface area (Å²) in [6.45, 7) is 3.43. The van der Waals surface area contributed by atoms with E-state index in [1.54, 1.807) is 0 Å². The van der Waals surface area contributed by atoms with Crippen molar-refractivity contribution in [1.82, 2.24) is 30.0 Å². The van der Waals surface area contributed by atoms with Gasteiger partial charge in [-0.2, -0.15) is 4.98 Å². The predicted octanol–water partition coefficient (Wildman–Crippen LogP) is 3.64. The number of nitrogens with zero attached hydrogens (tertiary/aromatic N) is 6. The molecule has 1 saturated carbocycles. The lowest BCUT2D eigenvalue weighted by molar-refractivity contribution is 0.179. The lowest BCUT2D eigenvalue weighted by Crippen LogP contribution is -2.41. The Morgan fingerprint density at radius 2 is 2.00 bits per heavy atom. The van der Waals surface area contributed by atoms with Crippen LogP contribution in [0.1, 0.15) is 56.0 Å². The number of hydrogen-bond acceptors (Lipinski definition) is 6. The fourth-order valence-electron chi connectivity index (χ4n) is 3.88. The van der Waals surface area contributed by atoms with Crippen molar-refractivity contribution in [3.05, 3.63) is 41.9 Å². The van der Waals surface area contributed by atoms with Crippen molar-refractivity contribution in [3.8, 4) is 11.6 Å². The maximum Gasteiger partial charge on any atom is 0.321 e. The number of nitrogens with one attached hydrogen (secondary N) is 1. The van der Waals surface area contributed by atoms with E-state index in [2.05, 4.69) is 32.7 Å². The Bertz CT molecular complexity index is 1030. The molecule has 3 heterocycles. The third-order valence-electron chi connectivity index (χ3n) is 5.88. The minimum Gasteiger partial charge on any atom is -0.332 e. The molecule has 0 spiro atoms. The SMILES string of the molecule is CCc1ccccc1NC(=O)N1CCC(n2cc(-c3nc(C4CC4)no3)nn2)CC1. The Morgan fingerprint density at radius 1 is 1.20 bits per heavy atom. The second-order valence-electron chi connectivity index (χ2n) is 7.97. The number of carbonyl (C=O) groups excluding carboxylic acids is 1. The van der Waals surface area contributed by atoms with Gasteiger partial charge in [0, 0.05) is 24.7 Å². The summed E-state index contributed by atoms with van der Waals surface area (Å²) in [5, 5.41) is 15.6. The van der Waals surface area contributed by atoms with Gasteiger partial charge in [0.25, 0.3) is 5.89 Å². The molecule has 156 valence electrons. The molecule has 1 N–H and O–H groups in total. The van der Waals surface area contributed by atoms with Crippen LogP contribution in [0.5, 0.6) is 0 Å². The van der Waals surface area contributed by atoms with E-state index in [4.69, 9.17) is 4.52 Å². The highest BCUT2D eigenvalue weighted by molar-refractivity contribution is 5.90. The van der Waals surface area contributed by atoms with E-state index < -0.39 is 0 Å². The highest BCUT2D eigenvalue weighted by Crippen LogP contribution is 2.38. The van der Waals surface area contributed by atoms with Gasteiger partial charge in [-0.3, -0.25) is 0 Å². The molecule has 1 aliphatic carbocycles. The van der Waals surface area contributed by atoms with Crippen molar-refractivity contribution in [2.24, 2.45) is 0 Å². The number of anilines is 1. The summed E-state index contributed by atoms with van der Waals surface area (Å²) in [4.78, 5) is 19.0. The normalized spacial score (nSPS) is 17.3. The maximum atomic E-state index is 12.7. The molecule has 1 aliphatic heterocycles. The lowest BCUT2D eigenvalue weighted by atomic mass is 10.1. The monoisotopic (exact) mass is 407 g/mol. The molecule has 1 aromatic carbocycles. The number of benzene rings is 1. The molecule has 2 amide bonds. The van der Waals surface area contributed by atoms with E-state index >= 15 is 0 Å². The van der Waals surface area contributed by atoms with Crippen LogP contribution in [0.3, 0.4) is 0 Å². The van der Waals surface area contributed by atoms with Gasteiger partial charge in [0.05, 0.1) is 12.2 Å². The maximum absolute atomic E-state index is 12.7. The predicted molar refractivity (Wildman–Crippen MR) is 110 cm³/mol. The smallest absolute Gasteiger partial charge is 0.321 e. The highest BCUT2D eigenvalue weighted by atomic mass is 16.5. The zero-order chi connectivity index (χ0) is 20.5. The van der Waals surface area contributed by atoms with Gasteiger partial charge in [0.1, 0.15) is 0 Å². The number of aryl methyl sites for hydroxylation is 1. The molecule has 5 rings (SSSR count). The minimum absolute atomic E-state index is 0.0490. The van der Waals surface area contributed by atoms with Gasteiger partial charge in [-0.05, 0) is 43.7 Å². The van der Waals surface area contributed by atoms with Gasteiger partial charge in [-0.1, -0.05) is 35.5 Å². The number of para-hydroxylation sites is 1. The summed E-state index contributed by atoms with van der Waals surface area (Å²) >= 11 is 0. The van der Waals surface area contributed by atoms with Gasteiger partial charge in [-0.25, -0.2) is 9.48 Å². The molecule has 2 aliphatic rings. The van der Waals surface area contributed by atoms with Crippen LogP contribution >= 0.6 is 0 Å². The average Bonchev–Trinajstić information content (AvgIpc) is 3.31. The quantitative estimate of drug-likeness (QED) is 0.693. The highest BCUT2D eigenvalue weighted by Gasteiger charge is 2.30. The number of likely N-dealkylation sites (tertiary alicyclic amines) is 1. The summed E-state index contributed by atoms with van der Waals surface area (Å²) in [5.74, 6) is 1.63. The largest absolute Gasteiger partial charge is 0.332 e. The van der Waals surface area contributed by atoms with Crippen LogP contribution < -0.4 is 5.32 Å². The van der Waals surface area contributed by atoms with Crippen molar-refractivity contribution in [2.45, 2.75) is 51.0 Å². The Morgan fingerprint density at radius 3 is 2.77 bits per heavy atom. The van der Waals surface area contributed by atoms with Gasteiger partial charge in [0.15, 0.2) is 11.5 Å². The molecule has 2 aromatic heterocycles. The second-order valence-corrected chi connectivity index (χ2v) is 7.97. The summed E-state index contributed by atoms with van der Waals surface area (Å²) in [5.41, 5.74) is 2.63. The van der Waals surface area contributed by atoms with Crippen LogP contribution in [0.4, 0.5) is 10.5 Å². The number of urea groups is 1. The van der Waals surface area contributed by atoms with Crippen LogP contribution in [0.25, 0.3) is 11.6 Å². The zero-order valence-electron chi connectivity index (χ0n) is 17.0. The molecule has 9 nitrogen and oxygen atoms in total. The van der Waals surface area contributed by atoms with E-state index in [0.717, 1.165) is 49.2 Å². The molecular weight excluding hydrogens is 382 g/mol. The van der Waals surface area contributed by atoms with Gasteiger partial charge < -0.3 is 14.7 Å². The fourth-order valence-corrected chi connectivity index (χ4v) is 3.88. The van der Waals surface area contributed by atoms with Crippen LogP contribution in [0.2, 0.25) is 0 Å². The Hall–Kier alpha value is -3.23. The Labute approximate surface area is 174 Å². The number of aromatic nitrogens is 5. The molecule has 30 heavy (non-hydrogen) atoms. The number of piperidine rings is 1. The molecule has 9 heteroatoms. The third-order valence-corrected chi connectivity index (χ3v) is 5.88. The minimum atomic E-state index is -0.0490. The molecule has 2 fully saturated rings. The van der Waals surface area contributed by atoms with Crippen molar-refractivity contribution in [3.63, 3.8) is 0 Å². The van der Waals surface area contributed by atoms with E-state index in [1.807, 2.05) is 40.0 Å². The molecule has 3 aromatic rings. The number of rotatable bonds is 5. The van der Waals surface area contributed by atoms with Crippen molar-refractivity contribution in [1.29, 1.82) is 0 Å². The second kappa shape index (κ2) is 7.89. The lowest BCUT2D eigenvalue weighted by Gasteiger charge is -2.32. The van der Waals surface area contributed by atoms with E-state index in [-0.39, 0.29) is 12.1 Å². The molecule has 0 bridgehead atoms. The molecule has 0 radical (unpaired) electrons. The van der Waals surface area contributed by atoms with E-state index in [0.29, 0.717) is 30.6 Å². The summed E-state index contributed by atoms with van der Waals surface area (Å²) < 4.78 is 7.20. The van der Waals surface area contributed by atoms with Crippen LogP contribution in [-0.2, 0) is 6.42 Å². The van der Waals surface area contributed by atoms with Crippen LogP contribution in [0.15, 0.2) is 35.0 Å². The molecule has 1 saturated heterocycles. The van der Waals surface area contributed by atoms with Crippen LogP contribution in [-0.4, -0.2) is 49.2 Å². The first kappa shape index (κ1) is 18.8. The summed E-state index contributed by atoms with van der Waals surface area (Å²) in [7, 11) is 0. The fraction of sp³-hybridized carbons (Fsp3) is 0.476. The van der Waals surface area contributed by atoms with Gasteiger partial charge >= 0.3 is 6.03 Å². The zero-order valence-corrected chi connectivity index (χ0v) is 17.0. The molecule has 0 unspecified atom stereocenters. The summed E-state index contributed by atoms with van der Waals surface area (Å²) in [6.07, 6.45) is 6.65. The standard InChI is InChI=1S/C21H25N7O2/c1-2-14-5-3-4-6-17(14)22-21(29)27-11-9-16(10-12-27)28-13-18(24-26-28)20-23-19(25-30-20)15-7-8-15/h3-6,13,15-16H,2,7-12H2,1H3,(H,22,29). The summed E-state index contributed by atoms with van der Waals surface area (Å²) in [6, 6.07) is 8.08. The molecule has 0 atom stereocenters. The Kier molecular flexibility index (Phi) is 4.94. The molecular formula is C21H25N7O2.